The van der Waals surface area contributed by atoms with Crippen molar-refractivity contribution < 1.29 is 50.5 Å². The maximum absolute atomic E-state index is 13.6. The molecule has 1 aliphatic carbocycles. The molecule has 1 saturated carbocycles. The number of nitrogens with zero attached hydrogens (tertiary/aromatic N) is 3. The standard InChI is InChI=1S/C35H35F6N3O5/c1-19-31(23-14-24(34(36,37)38)17-25(15-23)35(39,40)41)49-33(47)44(19)18-28-26(9-11-30(42-28)43-12-3-13-43)27-16-22(8-10-29(27)45)20-4-6-21(7-5-20)32(46)48-2/h8-11,14-17,19-21,31,45H,3-7,12-13,18H2,1-2H3/t19-,20?,21?,31-/m0/s1. The average molecular weight is 692 g/mol. The molecular formula is C35H35F6N3O5. The summed E-state index contributed by atoms with van der Waals surface area (Å²) in [6.45, 7) is 2.83. The molecule has 0 bridgehead atoms. The second kappa shape index (κ2) is 13.1. The lowest BCUT2D eigenvalue weighted by atomic mass is 9.78. The van der Waals surface area contributed by atoms with Gasteiger partial charge in [-0.15, -0.1) is 0 Å². The molecule has 0 radical (unpaired) electrons. The topological polar surface area (TPSA) is 92.2 Å². The number of phenols is 1. The molecule has 3 aromatic rings. The van der Waals surface area contributed by atoms with Crippen LogP contribution < -0.4 is 4.90 Å². The Balaban J connectivity index is 1.32. The van der Waals surface area contributed by atoms with Crippen LogP contribution in [0.5, 0.6) is 5.75 Å². The van der Waals surface area contributed by atoms with E-state index in [9.17, 15) is 41.0 Å². The van der Waals surface area contributed by atoms with E-state index in [4.69, 9.17) is 14.5 Å². The van der Waals surface area contributed by atoms with Gasteiger partial charge in [-0.05, 0) is 98.5 Å². The number of carbonyl (C=O) groups excluding carboxylic acids is 2. The van der Waals surface area contributed by atoms with Crippen LogP contribution in [0.3, 0.4) is 0 Å². The second-order valence-electron chi connectivity index (χ2n) is 12.9. The van der Waals surface area contributed by atoms with E-state index >= 15 is 0 Å². The van der Waals surface area contributed by atoms with Crippen LogP contribution in [0, 0.1) is 5.92 Å². The molecule has 49 heavy (non-hydrogen) atoms. The smallest absolute Gasteiger partial charge is 0.416 e. The van der Waals surface area contributed by atoms with Gasteiger partial charge in [-0.25, -0.2) is 9.78 Å². The van der Waals surface area contributed by atoms with Crippen molar-refractivity contribution in [3.05, 3.63) is 76.5 Å². The Hall–Kier alpha value is -4.49. The van der Waals surface area contributed by atoms with Crippen LogP contribution in [0.25, 0.3) is 11.1 Å². The lowest BCUT2D eigenvalue weighted by Crippen LogP contribution is -2.38. The normalized spacial score (nSPS) is 22.9. The molecule has 1 aromatic heterocycles. The molecule has 1 amide bonds. The number of aromatic hydroxyl groups is 1. The van der Waals surface area contributed by atoms with Crippen LogP contribution in [-0.2, 0) is 33.2 Å². The fourth-order valence-corrected chi connectivity index (χ4v) is 6.89. The number of benzene rings is 2. The summed E-state index contributed by atoms with van der Waals surface area (Å²) in [4.78, 5) is 33.4. The van der Waals surface area contributed by atoms with Gasteiger partial charge >= 0.3 is 24.4 Å². The second-order valence-corrected chi connectivity index (χ2v) is 12.9. The number of rotatable bonds is 7. The number of phenolic OH excluding ortho intramolecular Hbond substituents is 1. The summed E-state index contributed by atoms with van der Waals surface area (Å²) in [6.07, 6.45) is -8.69. The molecule has 262 valence electrons. The zero-order valence-electron chi connectivity index (χ0n) is 26.8. The average Bonchev–Trinajstić information content (AvgIpc) is 3.31. The van der Waals surface area contributed by atoms with Gasteiger partial charge in [-0.1, -0.05) is 6.07 Å². The molecule has 2 aliphatic heterocycles. The molecule has 2 aromatic carbocycles. The van der Waals surface area contributed by atoms with Gasteiger partial charge < -0.3 is 19.5 Å². The molecule has 3 heterocycles. The van der Waals surface area contributed by atoms with Gasteiger partial charge in [0.25, 0.3) is 0 Å². The molecule has 8 nitrogen and oxygen atoms in total. The number of ether oxygens (including phenoxy) is 2. The van der Waals surface area contributed by atoms with Crippen molar-refractivity contribution in [3.63, 3.8) is 0 Å². The zero-order chi connectivity index (χ0) is 35.2. The highest BCUT2D eigenvalue weighted by Gasteiger charge is 2.44. The number of alkyl halides is 6. The minimum atomic E-state index is -5.06. The van der Waals surface area contributed by atoms with Crippen LogP contribution in [0.1, 0.15) is 79.0 Å². The highest BCUT2D eigenvalue weighted by molar-refractivity contribution is 5.76. The van der Waals surface area contributed by atoms with Crippen molar-refractivity contribution in [2.24, 2.45) is 5.92 Å². The molecule has 6 rings (SSSR count). The highest BCUT2D eigenvalue weighted by Crippen LogP contribution is 2.43. The minimum absolute atomic E-state index is 0.0333. The molecule has 3 fully saturated rings. The number of halogens is 6. The SMILES string of the molecule is COC(=O)C1CCC(c2ccc(O)c(-c3ccc(N4CCC4)nc3CN3C(=O)O[C@H](c4cc(C(F)(F)F)cc(C(F)(F)F)c4)[C@@H]3C)c2)CC1. The Labute approximate surface area is 278 Å². The largest absolute Gasteiger partial charge is 0.507 e. The quantitative estimate of drug-likeness (QED) is 0.197. The van der Waals surface area contributed by atoms with Crippen LogP contribution in [0.15, 0.2) is 48.5 Å². The molecular weight excluding hydrogens is 656 g/mol. The molecule has 14 heteroatoms. The molecule has 2 atom stereocenters. The predicted octanol–water partition coefficient (Wildman–Crippen LogP) is 8.23. The number of methoxy groups -OCH3 is 1. The van der Waals surface area contributed by atoms with Crippen molar-refractivity contribution in [1.29, 1.82) is 0 Å². The fourth-order valence-electron chi connectivity index (χ4n) is 6.89. The Morgan fingerprint density at radius 3 is 2.14 bits per heavy atom. The van der Waals surface area contributed by atoms with E-state index in [0.717, 1.165) is 37.9 Å². The van der Waals surface area contributed by atoms with E-state index in [0.29, 0.717) is 47.6 Å². The maximum atomic E-state index is 13.6. The number of amides is 1. The van der Waals surface area contributed by atoms with Gasteiger partial charge in [-0.2, -0.15) is 26.3 Å². The van der Waals surface area contributed by atoms with Crippen molar-refractivity contribution in [2.45, 2.75) is 76.0 Å². The number of esters is 1. The first-order valence-corrected chi connectivity index (χ1v) is 16.1. The van der Waals surface area contributed by atoms with E-state index in [1.165, 1.54) is 18.9 Å². The van der Waals surface area contributed by atoms with E-state index in [2.05, 4.69) is 0 Å². The van der Waals surface area contributed by atoms with Crippen LogP contribution in [0.2, 0.25) is 0 Å². The van der Waals surface area contributed by atoms with E-state index in [-0.39, 0.29) is 36.2 Å². The Bertz CT molecular complexity index is 1700. The number of pyridine rings is 1. The summed E-state index contributed by atoms with van der Waals surface area (Å²) < 4.78 is 92.0. The number of aromatic nitrogens is 1. The Morgan fingerprint density at radius 1 is 0.918 bits per heavy atom. The van der Waals surface area contributed by atoms with Crippen molar-refractivity contribution in [2.75, 3.05) is 25.1 Å². The third-order valence-corrected chi connectivity index (χ3v) is 9.83. The summed E-state index contributed by atoms with van der Waals surface area (Å²) in [5.74, 6) is 0.329. The molecule has 0 unspecified atom stereocenters. The van der Waals surface area contributed by atoms with Gasteiger partial charge in [0.15, 0.2) is 0 Å². The first-order chi connectivity index (χ1) is 23.1. The van der Waals surface area contributed by atoms with E-state index in [1.54, 1.807) is 12.1 Å². The number of cyclic esters (lactones) is 1. The van der Waals surface area contributed by atoms with Gasteiger partial charge in [-0.3, -0.25) is 9.69 Å². The fraction of sp³-hybridized carbons (Fsp3) is 0.457. The van der Waals surface area contributed by atoms with Crippen molar-refractivity contribution in [3.8, 4) is 16.9 Å². The highest BCUT2D eigenvalue weighted by atomic mass is 19.4. The number of hydrogen-bond donors (Lipinski definition) is 1. The Kier molecular flexibility index (Phi) is 9.18. The summed E-state index contributed by atoms with van der Waals surface area (Å²) in [7, 11) is 1.37. The lowest BCUT2D eigenvalue weighted by Gasteiger charge is -2.33. The number of anilines is 1. The molecule has 3 aliphatic rings. The molecule has 2 saturated heterocycles. The van der Waals surface area contributed by atoms with Gasteiger partial charge in [0, 0.05) is 24.2 Å². The van der Waals surface area contributed by atoms with Gasteiger partial charge in [0.1, 0.15) is 17.7 Å². The molecule has 1 N–H and O–H groups in total. The lowest BCUT2D eigenvalue weighted by molar-refractivity contribution is -0.147. The van der Waals surface area contributed by atoms with Crippen LogP contribution in [0.4, 0.5) is 37.0 Å². The van der Waals surface area contributed by atoms with Gasteiger partial charge in [0.05, 0.1) is 42.4 Å². The van der Waals surface area contributed by atoms with E-state index < -0.39 is 47.3 Å². The number of hydrogen-bond acceptors (Lipinski definition) is 7. The first-order valence-electron chi connectivity index (χ1n) is 16.1. The zero-order valence-corrected chi connectivity index (χ0v) is 26.8. The van der Waals surface area contributed by atoms with Crippen LogP contribution >= 0.6 is 0 Å². The van der Waals surface area contributed by atoms with Crippen molar-refractivity contribution in [1.82, 2.24) is 9.88 Å². The number of carbonyl (C=O) groups is 2. The third kappa shape index (κ3) is 7.00. The molecule has 0 spiro atoms. The van der Waals surface area contributed by atoms with Gasteiger partial charge in [0.2, 0.25) is 0 Å². The van der Waals surface area contributed by atoms with Crippen molar-refractivity contribution >= 4 is 17.9 Å². The summed E-state index contributed by atoms with van der Waals surface area (Å²) >= 11 is 0. The summed E-state index contributed by atoms with van der Waals surface area (Å²) in [6, 6.07) is 9.08. The Morgan fingerprint density at radius 2 is 1.57 bits per heavy atom. The monoisotopic (exact) mass is 691 g/mol. The predicted molar refractivity (Wildman–Crippen MR) is 166 cm³/mol. The maximum Gasteiger partial charge on any atom is 0.416 e. The first kappa shape index (κ1) is 34.4. The van der Waals surface area contributed by atoms with Crippen LogP contribution in [-0.4, -0.2) is 53.3 Å². The summed E-state index contributed by atoms with van der Waals surface area (Å²) in [5.41, 5.74) is -1.15. The van der Waals surface area contributed by atoms with E-state index in [1.807, 2.05) is 23.1 Å². The summed E-state index contributed by atoms with van der Waals surface area (Å²) in [5, 5.41) is 11.0. The minimum Gasteiger partial charge on any atom is -0.507 e. The third-order valence-electron chi connectivity index (χ3n) is 9.83.